The van der Waals surface area contributed by atoms with Crippen molar-refractivity contribution >= 4 is 5.69 Å². The van der Waals surface area contributed by atoms with Crippen molar-refractivity contribution in [3.05, 3.63) is 29.3 Å². The third-order valence-corrected chi connectivity index (χ3v) is 4.08. The number of hydrogen-bond acceptors (Lipinski definition) is 4. The Labute approximate surface area is 120 Å². The van der Waals surface area contributed by atoms with E-state index in [0.29, 0.717) is 24.7 Å². The van der Waals surface area contributed by atoms with Gasteiger partial charge in [-0.1, -0.05) is 25.3 Å². The molecular weight excluding hydrogens is 250 g/mol. The minimum Gasteiger partial charge on any atom is -0.395 e. The predicted molar refractivity (Wildman–Crippen MR) is 80.4 cm³/mol. The van der Waals surface area contributed by atoms with Crippen LogP contribution >= 0.6 is 0 Å². The van der Waals surface area contributed by atoms with Gasteiger partial charge in [0.2, 0.25) is 0 Å². The number of aliphatic hydroxyl groups is 1. The standard InChI is InChI=1S/C16H23N3O/c17-11-13-6-7-16(14(10-13)12-18)19(8-9-20)15-4-2-1-3-5-15/h6-7,10,15,20H,1-5,8-9,11,17H2. The molecule has 3 N–H and O–H groups in total. The molecule has 0 bridgehead atoms. The zero-order chi connectivity index (χ0) is 14.4. The van der Waals surface area contributed by atoms with Crippen LogP contribution in [0, 0.1) is 11.3 Å². The van der Waals surface area contributed by atoms with Crippen LogP contribution in [0.25, 0.3) is 0 Å². The molecule has 0 atom stereocenters. The molecule has 4 nitrogen and oxygen atoms in total. The molecule has 4 heteroatoms. The van der Waals surface area contributed by atoms with Crippen LogP contribution in [-0.4, -0.2) is 24.3 Å². The molecule has 1 saturated carbocycles. The van der Waals surface area contributed by atoms with Crippen LogP contribution in [-0.2, 0) is 6.54 Å². The van der Waals surface area contributed by atoms with Gasteiger partial charge >= 0.3 is 0 Å². The Hall–Kier alpha value is -1.57. The molecule has 0 radical (unpaired) electrons. The summed E-state index contributed by atoms with van der Waals surface area (Å²) in [6.45, 7) is 1.14. The fourth-order valence-corrected chi connectivity index (χ4v) is 3.05. The van der Waals surface area contributed by atoms with Crippen LogP contribution in [0.2, 0.25) is 0 Å². The lowest BCUT2D eigenvalue weighted by atomic mass is 9.93. The maximum Gasteiger partial charge on any atom is 0.101 e. The number of nitrogens with two attached hydrogens (primary N) is 1. The molecule has 2 rings (SSSR count). The van der Waals surface area contributed by atoms with Crippen molar-refractivity contribution in [2.75, 3.05) is 18.1 Å². The van der Waals surface area contributed by atoms with Crippen LogP contribution in [0.1, 0.15) is 43.2 Å². The molecule has 1 aliphatic rings. The minimum absolute atomic E-state index is 0.111. The quantitative estimate of drug-likeness (QED) is 0.862. The Kier molecular flexibility index (Phi) is 5.40. The molecule has 1 aliphatic carbocycles. The van der Waals surface area contributed by atoms with E-state index in [1.165, 1.54) is 19.3 Å². The molecule has 0 spiro atoms. The van der Waals surface area contributed by atoms with Gasteiger partial charge in [-0.3, -0.25) is 0 Å². The second-order valence-electron chi connectivity index (χ2n) is 5.38. The average molecular weight is 273 g/mol. The van der Waals surface area contributed by atoms with E-state index in [2.05, 4.69) is 11.0 Å². The summed E-state index contributed by atoms with van der Waals surface area (Å²) in [5, 5.41) is 18.7. The molecule has 1 fully saturated rings. The summed E-state index contributed by atoms with van der Waals surface area (Å²) in [7, 11) is 0. The smallest absolute Gasteiger partial charge is 0.101 e. The molecule has 0 saturated heterocycles. The summed E-state index contributed by atoms with van der Waals surface area (Å²) in [6, 6.07) is 8.52. The first-order valence-electron chi connectivity index (χ1n) is 7.40. The van der Waals surface area contributed by atoms with Gasteiger partial charge in [-0.15, -0.1) is 0 Å². The minimum atomic E-state index is 0.111. The van der Waals surface area contributed by atoms with E-state index in [1.54, 1.807) is 0 Å². The van der Waals surface area contributed by atoms with E-state index in [9.17, 15) is 10.4 Å². The summed E-state index contributed by atoms with van der Waals surface area (Å²) < 4.78 is 0. The first-order chi connectivity index (χ1) is 9.80. The molecule has 20 heavy (non-hydrogen) atoms. The van der Waals surface area contributed by atoms with Gasteiger partial charge in [-0.25, -0.2) is 0 Å². The summed E-state index contributed by atoms with van der Waals surface area (Å²) in [5.74, 6) is 0. The van der Waals surface area contributed by atoms with Crippen LogP contribution in [0.4, 0.5) is 5.69 Å². The summed E-state index contributed by atoms with van der Waals surface area (Å²) >= 11 is 0. The van der Waals surface area contributed by atoms with Crippen molar-refractivity contribution in [3.8, 4) is 6.07 Å². The maximum absolute atomic E-state index is 9.37. The highest BCUT2D eigenvalue weighted by Gasteiger charge is 2.23. The molecule has 0 amide bonds. The normalized spacial score (nSPS) is 15.8. The number of nitrogens with zero attached hydrogens (tertiary/aromatic N) is 2. The zero-order valence-electron chi connectivity index (χ0n) is 11.9. The Bertz CT molecular complexity index is 475. The molecular formula is C16H23N3O. The van der Waals surface area contributed by atoms with E-state index in [0.717, 1.165) is 24.1 Å². The fourth-order valence-electron chi connectivity index (χ4n) is 3.05. The van der Waals surface area contributed by atoms with Crippen molar-refractivity contribution in [1.29, 1.82) is 5.26 Å². The van der Waals surface area contributed by atoms with Crippen molar-refractivity contribution in [2.24, 2.45) is 5.73 Å². The Morgan fingerprint density at radius 2 is 2.05 bits per heavy atom. The van der Waals surface area contributed by atoms with Gasteiger partial charge in [0.1, 0.15) is 6.07 Å². The number of nitriles is 1. The van der Waals surface area contributed by atoms with Crippen LogP contribution < -0.4 is 10.6 Å². The Morgan fingerprint density at radius 1 is 1.30 bits per heavy atom. The Balaban J connectivity index is 2.30. The van der Waals surface area contributed by atoms with E-state index in [4.69, 9.17) is 5.73 Å². The molecule has 0 aromatic heterocycles. The van der Waals surface area contributed by atoms with Gasteiger partial charge in [0.15, 0.2) is 0 Å². The molecule has 1 aromatic rings. The lowest BCUT2D eigenvalue weighted by Gasteiger charge is -2.36. The van der Waals surface area contributed by atoms with Crippen molar-refractivity contribution in [2.45, 2.75) is 44.7 Å². The van der Waals surface area contributed by atoms with Gasteiger partial charge < -0.3 is 15.7 Å². The van der Waals surface area contributed by atoms with E-state index in [1.807, 2.05) is 18.2 Å². The molecule has 0 unspecified atom stereocenters. The Morgan fingerprint density at radius 3 is 2.65 bits per heavy atom. The lowest BCUT2D eigenvalue weighted by molar-refractivity contribution is 0.290. The van der Waals surface area contributed by atoms with Gasteiger partial charge in [-0.05, 0) is 30.5 Å². The summed E-state index contributed by atoms with van der Waals surface area (Å²) in [4.78, 5) is 2.21. The molecule has 0 heterocycles. The number of anilines is 1. The van der Waals surface area contributed by atoms with Crippen LogP contribution in [0.5, 0.6) is 0 Å². The first-order valence-corrected chi connectivity index (χ1v) is 7.40. The predicted octanol–water partition coefficient (Wildman–Crippen LogP) is 2.15. The number of hydrogen-bond donors (Lipinski definition) is 2. The average Bonchev–Trinajstić information content (AvgIpc) is 2.53. The number of aliphatic hydroxyl groups excluding tert-OH is 1. The van der Waals surface area contributed by atoms with E-state index < -0.39 is 0 Å². The summed E-state index contributed by atoms with van der Waals surface area (Å²) in [5.41, 5.74) is 8.20. The van der Waals surface area contributed by atoms with E-state index in [-0.39, 0.29) is 6.61 Å². The van der Waals surface area contributed by atoms with Gasteiger partial charge in [0, 0.05) is 19.1 Å². The van der Waals surface area contributed by atoms with Gasteiger partial charge in [0.05, 0.1) is 17.9 Å². The largest absolute Gasteiger partial charge is 0.395 e. The molecule has 0 aliphatic heterocycles. The van der Waals surface area contributed by atoms with Crippen LogP contribution in [0.3, 0.4) is 0 Å². The zero-order valence-corrected chi connectivity index (χ0v) is 11.9. The topological polar surface area (TPSA) is 73.3 Å². The second kappa shape index (κ2) is 7.28. The fraction of sp³-hybridized carbons (Fsp3) is 0.562. The van der Waals surface area contributed by atoms with Crippen LogP contribution in [0.15, 0.2) is 18.2 Å². The lowest BCUT2D eigenvalue weighted by Crippen LogP contribution is -2.39. The van der Waals surface area contributed by atoms with Crippen molar-refractivity contribution < 1.29 is 5.11 Å². The SMILES string of the molecule is N#Cc1cc(CN)ccc1N(CCO)C1CCCCC1. The monoisotopic (exact) mass is 273 g/mol. The summed E-state index contributed by atoms with van der Waals surface area (Å²) in [6.07, 6.45) is 6.04. The maximum atomic E-state index is 9.37. The third-order valence-electron chi connectivity index (χ3n) is 4.08. The highest BCUT2D eigenvalue weighted by molar-refractivity contribution is 5.61. The molecule has 108 valence electrons. The highest BCUT2D eigenvalue weighted by Crippen LogP contribution is 2.29. The van der Waals surface area contributed by atoms with Gasteiger partial charge in [0.25, 0.3) is 0 Å². The van der Waals surface area contributed by atoms with Crippen molar-refractivity contribution in [1.82, 2.24) is 0 Å². The van der Waals surface area contributed by atoms with E-state index >= 15 is 0 Å². The third kappa shape index (κ3) is 3.30. The molecule has 1 aromatic carbocycles. The highest BCUT2D eigenvalue weighted by atomic mass is 16.3. The number of benzene rings is 1. The number of rotatable bonds is 5. The van der Waals surface area contributed by atoms with Crippen molar-refractivity contribution in [3.63, 3.8) is 0 Å². The van der Waals surface area contributed by atoms with Gasteiger partial charge in [-0.2, -0.15) is 5.26 Å². The second-order valence-corrected chi connectivity index (χ2v) is 5.38. The first kappa shape index (κ1) is 14.8.